The molecular formula is C19H25N5O. The summed E-state index contributed by atoms with van der Waals surface area (Å²) in [6.45, 7) is 5.98. The Kier molecular flexibility index (Phi) is 4.59. The van der Waals surface area contributed by atoms with Crippen LogP contribution in [0.25, 0.3) is 0 Å². The van der Waals surface area contributed by atoms with Crippen molar-refractivity contribution in [2.45, 2.75) is 12.8 Å². The molecule has 0 unspecified atom stereocenters. The number of nitrogens with zero attached hydrogens (tertiary/aromatic N) is 5. The molecule has 2 aliphatic rings. The van der Waals surface area contributed by atoms with Gasteiger partial charge in [0.1, 0.15) is 11.6 Å². The second-order valence-corrected chi connectivity index (χ2v) is 6.55. The number of hydrogen-bond donors (Lipinski definition) is 0. The van der Waals surface area contributed by atoms with E-state index in [0.717, 1.165) is 56.8 Å². The molecule has 1 aromatic carbocycles. The second kappa shape index (κ2) is 7.17. The van der Waals surface area contributed by atoms with Crippen LogP contribution >= 0.6 is 0 Å². The fourth-order valence-corrected chi connectivity index (χ4v) is 3.65. The highest BCUT2D eigenvalue weighted by Gasteiger charge is 2.22. The van der Waals surface area contributed by atoms with Gasteiger partial charge >= 0.3 is 0 Å². The molecule has 0 radical (unpaired) electrons. The fourth-order valence-electron chi connectivity index (χ4n) is 3.65. The van der Waals surface area contributed by atoms with Crippen molar-refractivity contribution in [3.05, 3.63) is 36.5 Å². The van der Waals surface area contributed by atoms with Crippen LogP contribution < -0.4 is 19.4 Å². The number of methoxy groups -OCH3 is 1. The minimum absolute atomic E-state index is 0.877. The van der Waals surface area contributed by atoms with E-state index in [0.29, 0.717) is 0 Å². The molecule has 0 N–H and O–H groups in total. The Morgan fingerprint density at radius 2 is 1.56 bits per heavy atom. The van der Waals surface area contributed by atoms with E-state index in [-0.39, 0.29) is 0 Å². The van der Waals surface area contributed by atoms with E-state index in [9.17, 15) is 0 Å². The number of rotatable bonds is 4. The molecule has 2 aliphatic heterocycles. The SMILES string of the molecule is COc1ccccc1N1CCN(c2ccnc(N3CCCC3)n2)CC1. The Bertz CT molecular complexity index is 708. The summed E-state index contributed by atoms with van der Waals surface area (Å²) in [4.78, 5) is 16.3. The molecule has 3 heterocycles. The molecule has 0 aliphatic carbocycles. The maximum absolute atomic E-state index is 5.50. The number of piperazine rings is 1. The summed E-state index contributed by atoms with van der Waals surface area (Å²) in [5.74, 6) is 2.85. The third kappa shape index (κ3) is 3.34. The normalized spacial score (nSPS) is 17.9. The Balaban J connectivity index is 1.44. The lowest BCUT2D eigenvalue weighted by molar-refractivity contribution is 0.413. The molecule has 0 amide bonds. The number of benzene rings is 1. The van der Waals surface area contributed by atoms with Gasteiger partial charge in [0.2, 0.25) is 5.95 Å². The predicted molar refractivity (Wildman–Crippen MR) is 101 cm³/mol. The highest BCUT2D eigenvalue weighted by Crippen LogP contribution is 2.29. The molecule has 0 atom stereocenters. The van der Waals surface area contributed by atoms with E-state index < -0.39 is 0 Å². The minimum Gasteiger partial charge on any atom is -0.495 e. The third-order valence-electron chi connectivity index (χ3n) is 5.05. The first-order chi connectivity index (χ1) is 12.3. The number of ether oxygens (including phenoxy) is 1. The quantitative estimate of drug-likeness (QED) is 0.852. The van der Waals surface area contributed by atoms with Gasteiger partial charge < -0.3 is 19.4 Å². The largest absolute Gasteiger partial charge is 0.495 e. The topological polar surface area (TPSA) is 44.7 Å². The van der Waals surface area contributed by atoms with Crippen molar-refractivity contribution >= 4 is 17.5 Å². The molecule has 132 valence electrons. The van der Waals surface area contributed by atoms with Gasteiger partial charge in [0.25, 0.3) is 0 Å². The molecule has 4 rings (SSSR count). The Hall–Kier alpha value is -2.50. The van der Waals surface area contributed by atoms with Crippen LogP contribution in [0.3, 0.4) is 0 Å². The van der Waals surface area contributed by atoms with Crippen LogP contribution in [0.5, 0.6) is 5.75 Å². The van der Waals surface area contributed by atoms with Crippen molar-refractivity contribution in [2.24, 2.45) is 0 Å². The van der Waals surface area contributed by atoms with Crippen molar-refractivity contribution in [1.82, 2.24) is 9.97 Å². The maximum atomic E-state index is 5.50. The van der Waals surface area contributed by atoms with E-state index in [4.69, 9.17) is 9.72 Å². The van der Waals surface area contributed by atoms with Crippen LogP contribution in [0.1, 0.15) is 12.8 Å². The minimum atomic E-state index is 0.877. The standard InChI is InChI=1S/C19H25N5O/c1-25-17-7-3-2-6-16(17)22-12-14-23(15-13-22)18-8-9-20-19(21-18)24-10-4-5-11-24/h2-3,6-9H,4-5,10-15H2,1H3. The average Bonchev–Trinajstić information content (AvgIpc) is 3.23. The summed E-state index contributed by atoms with van der Waals surface area (Å²) in [5, 5.41) is 0. The first-order valence-corrected chi connectivity index (χ1v) is 9.06. The van der Waals surface area contributed by atoms with Crippen LogP contribution in [0.2, 0.25) is 0 Å². The number of para-hydroxylation sites is 2. The highest BCUT2D eigenvalue weighted by molar-refractivity contribution is 5.59. The molecule has 0 spiro atoms. The Morgan fingerprint density at radius 3 is 2.32 bits per heavy atom. The van der Waals surface area contributed by atoms with Crippen LogP contribution in [0, 0.1) is 0 Å². The number of anilines is 3. The van der Waals surface area contributed by atoms with Gasteiger partial charge in [-0.15, -0.1) is 0 Å². The van der Waals surface area contributed by atoms with Crippen LogP contribution in [-0.2, 0) is 0 Å². The van der Waals surface area contributed by atoms with Crippen molar-refractivity contribution < 1.29 is 4.74 Å². The van der Waals surface area contributed by atoms with E-state index in [1.54, 1.807) is 7.11 Å². The molecule has 2 fully saturated rings. The molecule has 2 aromatic rings. The molecule has 1 aromatic heterocycles. The summed E-state index contributed by atoms with van der Waals surface area (Å²) < 4.78 is 5.50. The molecule has 6 heteroatoms. The van der Waals surface area contributed by atoms with E-state index in [2.05, 4.69) is 31.8 Å². The van der Waals surface area contributed by atoms with Gasteiger partial charge in [0.05, 0.1) is 12.8 Å². The summed E-state index contributed by atoms with van der Waals surface area (Å²) in [5.41, 5.74) is 1.17. The zero-order chi connectivity index (χ0) is 17.1. The molecular weight excluding hydrogens is 314 g/mol. The van der Waals surface area contributed by atoms with Gasteiger partial charge in [0, 0.05) is 45.5 Å². The zero-order valence-electron chi connectivity index (χ0n) is 14.8. The number of hydrogen-bond acceptors (Lipinski definition) is 6. The molecule has 6 nitrogen and oxygen atoms in total. The lowest BCUT2D eigenvalue weighted by Crippen LogP contribution is -2.47. The van der Waals surface area contributed by atoms with Gasteiger partial charge in [0.15, 0.2) is 0 Å². The molecule has 2 saturated heterocycles. The lowest BCUT2D eigenvalue weighted by Gasteiger charge is -2.37. The van der Waals surface area contributed by atoms with Crippen LogP contribution in [0.4, 0.5) is 17.5 Å². The highest BCUT2D eigenvalue weighted by atomic mass is 16.5. The first-order valence-electron chi connectivity index (χ1n) is 9.06. The summed E-state index contributed by atoms with van der Waals surface area (Å²) in [6.07, 6.45) is 4.37. The summed E-state index contributed by atoms with van der Waals surface area (Å²) in [6, 6.07) is 10.3. The van der Waals surface area contributed by atoms with E-state index in [1.165, 1.54) is 18.5 Å². The second-order valence-electron chi connectivity index (χ2n) is 6.55. The molecule has 25 heavy (non-hydrogen) atoms. The van der Waals surface area contributed by atoms with Crippen LogP contribution in [0.15, 0.2) is 36.5 Å². The van der Waals surface area contributed by atoms with E-state index in [1.807, 2.05) is 24.4 Å². The average molecular weight is 339 g/mol. The van der Waals surface area contributed by atoms with Crippen molar-refractivity contribution in [3.63, 3.8) is 0 Å². The molecule has 0 bridgehead atoms. The van der Waals surface area contributed by atoms with Gasteiger partial charge in [-0.05, 0) is 31.0 Å². The van der Waals surface area contributed by atoms with Crippen LogP contribution in [-0.4, -0.2) is 56.3 Å². The monoisotopic (exact) mass is 339 g/mol. The van der Waals surface area contributed by atoms with Crippen molar-refractivity contribution in [3.8, 4) is 5.75 Å². The fraction of sp³-hybridized carbons (Fsp3) is 0.474. The van der Waals surface area contributed by atoms with Gasteiger partial charge in [-0.3, -0.25) is 0 Å². The zero-order valence-corrected chi connectivity index (χ0v) is 14.8. The first kappa shape index (κ1) is 16.0. The van der Waals surface area contributed by atoms with Crippen molar-refractivity contribution in [1.29, 1.82) is 0 Å². The third-order valence-corrected chi connectivity index (χ3v) is 5.05. The number of aromatic nitrogens is 2. The Labute approximate surface area is 149 Å². The van der Waals surface area contributed by atoms with Crippen molar-refractivity contribution in [2.75, 3.05) is 61.1 Å². The predicted octanol–water partition coefficient (Wildman–Crippen LogP) is 2.41. The summed E-state index contributed by atoms with van der Waals surface area (Å²) in [7, 11) is 1.73. The summed E-state index contributed by atoms with van der Waals surface area (Å²) >= 11 is 0. The van der Waals surface area contributed by atoms with Gasteiger partial charge in [-0.25, -0.2) is 4.98 Å². The Morgan fingerprint density at radius 1 is 0.840 bits per heavy atom. The van der Waals surface area contributed by atoms with E-state index >= 15 is 0 Å². The van der Waals surface area contributed by atoms with Gasteiger partial charge in [-0.2, -0.15) is 4.98 Å². The molecule has 0 saturated carbocycles. The smallest absolute Gasteiger partial charge is 0.227 e. The van der Waals surface area contributed by atoms with Gasteiger partial charge in [-0.1, -0.05) is 12.1 Å². The lowest BCUT2D eigenvalue weighted by atomic mass is 10.2. The maximum Gasteiger partial charge on any atom is 0.227 e.